The lowest BCUT2D eigenvalue weighted by molar-refractivity contribution is 0.0731. The molecule has 0 spiro atoms. The number of hydrogen-bond acceptors (Lipinski definition) is 5. The van der Waals surface area contributed by atoms with Crippen molar-refractivity contribution in [3.8, 4) is 5.75 Å². The van der Waals surface area contributed by atoms with E-state index < -0.39 is 0 Å². The number of halogens is 1. The number of para-hydroxylation sites is 2. The second-order valence-electron chi connectivity index (χ2n) is 6.98. The molecule has 1 aliphatic rings. The van der Waals surface area contributed by atoms with Gasteiger partial charge >= 0.3 is 0 Å². The number of hydrogen-bond donors (Lipinski definition) is 1. The number of carbonyl (C=O) groups excluding carboxylic acids is 1. The van der Waals surface area contributed by atoms with Gasteiger partial charge in [0.1, 0.15) is 17.3 Å². The molecular weight excluding hydrogens is 388 g/mol. The fourth-order valence-corrected chi connectivity index (χ4v) is 3.82. The van der Waals surface area contributed by atoms with Gasteiger partial charge in [-0.2, -0.15) is 0 Å². The van der Waals surface area contributed by atoms with Gasteiger partial charge in [0.15, 0.2) is 0 Å². The highest BCUT2D eigenvalue weighted by Gasteiger charge is 2.28. The van der Waals surface area contributed by atoms with Crippen LogP contribution in [-0.4, -0.2) is 41.0 Å². The number of nitrogens with one attached hydrogen (secondary N) is 1. The van der Waals surface area contributed by atoms with Gasteiger partial charge in [-0.3, -0.25) is 4.79 Å². The second-order valence-corrected chi connectivity index (χ2v) is 7.32. The van der Waals surface area contributed by atoms with Crippen LogP contribution in [0.15, 0.2) is 54.6 Å². The number of benzene rings is 2. The lowest BCUT2D eigenvalue weighted by Crippen LogP contribution is -2.38. The minimum absolute atomic E-state index is 0.0105. The number of fused-ring (bicyclic) bond motifs is 1. The smallest absolute Gasteiger partial charge is 0.272 e. The summed E-state index contributed by atoms with van der Waals surface area (Å²) in [5.41, 5.74) is 3.55. The lowest BCUT2D eigenvalue weighted by Gasteiger charge is -2.24. The first kappa shape index (κ1) is 19.2. The maximum absolute atomic E-state index is 13.1. The maximum atomic E-state index is 13.1. The molecule has 1 aliphatic carbocycles. The number of ether oxygens (including phenoxy) is 1. The van der Waals surface area contributed by atoms with Gasteiger partial charge in [0.25, 0.3) is 5.91 Å². The molecule has 2 aromatic carbocycles. The largest absolute Gasteiger partial charge is 0.495 e. The third-order valence-corrected chi connectivity index (χ3v) is 5.35. The molecule has 7 heteroatoms. The van der Waals surface area contributed by atoms with Crippen LogP contribution < -0.4 is 10.1 Å². The quantitative estimate of drug-likeness (QED) is 0.643. The van der Waals surface area contributed by atoms with E-state index in [0.29, 0.717) is 11.6 Å². The molecule has 0 radical (unpaired) electrons. The zero-order chi connectivity index (χ0) is 20.4. The molecule has 148 valence electrons. The summed E-state index contributed by atoms with van der Waals surface area (Å²) in [4.78, 5) is 23.2. The van der Waals surface area contributed by atoms with E-state index in [9.17, 15) is 4.79 Å². The molecule has 29 heavy (non-hydrogen) atoms. The highest BCUT2D eigenvalue weighted by molar-refractivity contribution is 6.28. The Hall–Kier alpha value is -3.12. The van der Waals surface area contributed by atoms with Crippen molar-refractivity contribution in [1.82, 2.24) is 14.9 Å². The summed E-state index contributed by atoms with van der Waals surface area (Å²) >= 11 is 6.11. The first-order valence-corrected chi connectivity index (χ1v) is 9.71. The highest BCUT2D eigenvalue weighted by Crippen LogP contribution is 2.28. The van der Waals surface area contributed by atoms with Gasteiger partial charge in [-0.25, -0.2) is 9.97 Å². The number of nitrogens with zero attached hydrogens (tertiary/aromatic N) is 3. The van der Waals surface area contributed by atoms with Crippen LogP contribution in [0.5, 0.6) is 5.75 Å². The summed E-state index contributed by atoms with van der Waals surface area (Å²) in [6, 6.07) is 17.5. The molecule has 0 saturated heterocycles. The Morgan fingerprint density at radius 3 is 2.45 bits per heavy atom. The topological polar surface area (TPSA) is 67.3 Å². The van der Waals surface area contributed by atoms with Gasteiger partial charge in [-0.1, -0.05) is 36.4 Å². The fraction of sp³-hybridized carbons (Fsp3) is 0.227. The number of amides is 1. The molecule has 0 bridgehead atoms. The Labute approximate surface area is 174 Å². The molecule has 0 atom stereocenters. The van der Waals surface area contributed by atoms with E-state index in [-0.39, 0.29) is 22.9 Å². The van der Waals surface area contributed by atoms with Crippen LogP contribution in [0, 0.1) is 0 Å². The van der Waals surface area contributed by atoms with Crippen LogP contribution in [0.1, 0.15) is 21.6 Å². The van der Waals surface area contributed by atoms with Crippen LogP contribution in [0.25, 0.3) is 0 Å². The molecule has 0 aliphatic heterocycles. The molecule has 4 rings (SSSR count). The SMILES string of the molecule is COc1ccccc1Nc1cc(C(=O)N(C)C2Cc3ccccc3C2)nc(Cl)n1. The van der Waals surface area contributed by atoms with Crippen LogP contribution in [0.3, 0.4) is 0 Å². The van der Waals surface area contributed by atoms with E-state index >= 15 is 0 Å². The number of carbonyl (C=O) groups is 1. The summed E-state index contributed by atoms with van der Waals surface area (Å²) in [6.45, 7) is 0. The van der Waals surface area contributed by atoms with Crippen molar-refractivity contribution in [2.24, 2.45) is 0 Å². The van der Waals surface area contributed by atoms with Gasteiger partial charge in [0, 0.05) is 19.2 Å². The first-order chi connectivity index (χ1) is 14.0. The van der Waals surface area contributed by atoms with E-state index in [4.69, 9.17) is 16.3 Å². The summed E-state index contributed by atoms with van der Waals surface area (Å²) in [6.07, 6.45) is 1.67. The van der Waals surface area contributed by atoms with Crippen molar-refractivity contribution in [2.45, 2.75) is 18.9 Å². The molecule has 6 nitrogen and oxygen atoms in total. The number of methoxy groups -OCH3 is 1. The maximum Gasteiger partial charge on any atom is 0.272 e. The van der Waals surface area contributed by atoms with E-state index in [2.05, 4.69) is 27.4 Å². The minimum Gasteiger partial charge on any atom is -0.495 e. The summed E-state index contributed by atoms with van der Waals surface area (Å²) in [5.74, 6) is 0.909. The van der Waals surface area contributed by atoms with E-state index in [1.807, 2.05) is 43.4 Å². The Bertz CT molecular complexity index is 1030. The van der Waals surface area contributed by atoms with Crippen LogP contribution in [0.2, 0.25) is 5.28 Å². The molecule has 1 amide bonds. The van der Waals surface area contributed by atoms with Crippen molar-refractivity contribution >= 4 is 29.0 Å². The Balaban J connectivity index is 1.55. The Morgan fingerprint density at radius 2 is 1.76 bits per heavy atom. The Kier molecular flexibility index (Phi) is 5.36. The molecule has 1 aromatic heterocycles. The third-order valence-electron chi connectivity index (χ3n) is 5.19. The Morgan fingerprint density at radius 1 is 1.10 bits per heavy atom. The summed E-state index contributed by atoms with van der Waals surface area (Å²) in [5, 5.41) is 3.16. The molecule has 1 heterocycles. The number of aromatic nitrogens is 2. The molecular formula is C22H21ClN4O2. The van der Waals surface area contributed by atoms with E-state index in [1.165, 1.54) is 11.1 Å². The van der Waals surface area contributed by atoms with Crippen molar-refractivity contribution in [3.63, 3.8) is 0 Å². The minimum atomic E-state index is -0.185. The summed E-state index contributed by atoms with van der Waals surface area (Å²) < 4.78 is 5.35. The number of rotatable bonds is 5. The molecule has 0 unspecified atom stereocenters. The van der Waals surface area contributed by atoms with E-state index in [0.717, 1.165) is 18.5 Å². The predicted molar refractivity (Wildman–Crippen MR) is 113 cm³/mol. The molecule has 0 saturated carbocycles. The van der Waals surface area contributed by atoms with Crippen molar-refractivity contribution in [1.29, 1.82) is 0 Å². The van der Waals surface area contributed by atoms with Gasteiger partial charge in [-0.15, -0.1) is 0 Å². The third kappa shape index (κ3) is 4.03. The molecule has 3 aromatic rings. The fourth-order valence-electron chi connectivity index (χ4n) is 3.63. The van der Waals surface area contributed by atoms with Crippen LogP contribution in [-0.2, 0) is 12.8 Å². The second kappa shape index (κ2) is 8.09. The number of anilines is 2. The predicted octanol–water partition coefficient (Wildman–Crippen LogP) is 4.12. The average molecular weight is 409 g/mol. The van der Waals surface area contributed by atoms with Crippen molar-refractivity contribution in [2.75, 3.05) is 19.5 Å². The van der Waals surface area contributed by atoms with Gasteiger partial charge < -0.3 is 15.0 Å². The molecule has 0 fully saturated rings. The first-order valence-electron chi connectivity index (χ1n) is 9.33. The summed E-state index contributed by atoms with van der Waals surface area (Å²) in [7, 11) is 3.40. The number of likely N-dealkylation sites (N-methyl/N-ethyl adjacent to an activating group) is 1. The van der Waals surface area contributed by atoms with Crippen LogP contribution in [0.4, 0.5) is 11.5 Å². The highest BCUT2D eigenvalue weighted by atomic mass is 35.5. The van der Waals surface area contributed by atoms with E-state index in [1.54, 1.807) is 18.1 Å². The standard InChI is InChI=1S/C22H21ClN4O2/c1-27(16-11-14-7-3-4-8-15(14)12-16)21(28)18-13-20(26-22(23)25-18)24-17-9-5-6-10-19(17)29-2/h3-10,13,16H,11-12H2,1-2H3,(H,24,25,26). The zero-order valence-electron chi connectivity index (χ0n) is 16.2. The molecule has 1 N–H and O–H groups in total. The van der Waals surface area contributed by atoms with Gasteiger partial charge in [-0.05, 0) is 47.7 Å². The van der Waals surface area contributed by atoms with Crippen LogP contribution >= 0.6 is 11.6 Å². The normalized spacial score (nSPS) is 13.1. The van der Waals surface area contributed by atoms with Crippen molar-refractivity contribution in [3.05, 3.63) is 76.7 Å². The van der Waals surface area contributed by atoms with Gasteiger partial charge in [0.05, 0.1) is 12.8 Å². The monoisotopic (exact) mass is 408 g/mol. The zero-order valence-corrected chi connectivity index (χ0v) is 17.0. The average Bonchev–Trinajstić information content (AvgIpc) is 3.17. The lowest BCUT2D eigenvalue weighted by atomic mass is 10.1. The van der Waals surface area contributed by atoms with Gasteiger partial charge in [0.2, 0.25) is 5.28 Å². The van der Waals surface area contributed by atoms with Crippen molar-refractivity contribution < 1.29 is 9.53 Å².